The molecule has 0 unspecified atom stereocenters. The molecule has 2 aliphatic rings. The van der Waals surface area contributed by atoms with Gasteiger partial charge in [0, 0.05) is 43.1 Å². The van der Waals surface area contributed by atoms with E-state index in [-0.39, 0.29) is 12.1 Å². The van der Waals surface area contributed by atoms with E-state index in [0.29, 0.717) is 36.6 Å². The van der Waals surface area contributed by atoms with Crippen LogP contribution in [-0.4, -0.2) is 52.6 Å². The largest absolute Gasteiger partial charge is 0.491 e. The van der Waals surface area contributed by atoms with Crippen molar-refractivity contribution in [1.29, 1.82) is 0 Å². The third-order valence-corrected chi connectivity index (χ3v) is 4.98. The van der Waals surface area contributed by atoms with Crippen molar-refractivity contribution in [3.05, 3.63) is 47.2 Å². The van der Waals surface area contributed by atoms with Gasteiger partial charge in [0.1, 0.15) is 17.1 Å². The smallest absolute Gasteiger partial charge is 0.267 e. The van der Waals surface area contributed by atoms with E-state index in [1.165, 1.54) is 4.90 Å². The first-order chi connectivity index (χ1) is 13.4. The molecule has 142 valence electrons. The molecule has 2 aliphatic heterocycles. The zero-order valence-corrected chi connectivity index (χ0v) is 15.4. The van der Waals surface area contributed by atoms with Gasteiger partial charge in [-0.1, -0.05) is 24.0 Å². The number of nitrogens with zero attached hydrogens (tertiary/aromatic N) is 2. The Morgan fingerprint density at radius 3 is 2.93 bits per heavy atom. The number of hydrogen-bond donors (Lipinski definition) is 2. The average molecular weight is 377 g/mol. The minimum absolute atomic E-state index is 0.185. The van der Waals surface area contributed by atoms with Crippen LogP contribution in [0.5, 0.6) is 5.75 Å². The van der Waals surface area contributed by atoms with Gasteiger partial charge in [0.05, 0.1) is 6.61 Å². The molecule has 2 amide bonds. The number of primary amides is 1. The molecular formula is C21H19N3O4. The molecule has 0 radical (unpaired) electrons. The van der Waals surface area contributed by atoms with Crippen LogP contribution in [0.4, 0.5) is 0 Å². The molecular weight excluding hydrogens is 358 g/mol. The Balaban J connectivity index is 1.73. The van der Waals surface area contributed by atoms with Gasteiger partial charge < -0.3 is 20.5 Å². The molecule has 28 heavy (non-hydrogen) atoms. The van der Waals surface area contributed by atoms with E-state index in [2.05, 4.69) is 16.8 Å². The Morgan fingerprint density at radius 1 is 1.39 bits per heavy atom. The molecule has 7 heteroatoms. The second-order valence-corrected chi connectivity index (χ2v) is 6.97. The van der Waals surface area contributed by atoms with Gasteiger partial charge >= 0.3 is 0 Å². The van der Waals surface area contributed by atoms with E-state index >= 15 is 0 Å². The number of carbonyl (C=O) groups is 2. The molecule has 1 aromatic heterocycles. The van der Waals surface area contributed by atoms with Crippen molar-refractivity contribution < 1.29 is 19.4 Å². The molecule has 0 bridgehead atoms. The number of likely N-dealkylation sites (N-methyl/N-ethyl adjacent to an activating group) is 1. The van der Waals surface area contributed by atoms with Crippen molar-refractivity contribution >= 4 is 11.8 Å². The molecule has 1 aromatic carbocycles. The lowest BCUT2D eigenvalue weighted by molar-refractivity contribution is -0.137. The number of fused-ring (bicyclic) bond motifs is 1. The van der Waals surface area contributed by atoms with Crippen LogP contribution in [0.2, 0.25) is 0 Å². The Morgan fingerprint density at radius 2 is 2.21 bits per heavy atom. The maximum absolute atomic E-state index is 12.1. The molecule has 7 nitrogen and oxygen atoms in total. The van der Waals surface area contributed by atoms with Gasteiger partial charge in [-0.25, -0.2) is 4.98 Å². The fraction of sp³-hybridized carbons (Fsp3) is 0.286. The highest BCUT2D eigenvalue weighted by Gasteiger charge is 2.42. The van der Waals surface area contributed by atoms with E-state index in [1.807, 2.05) is 6.07 Å². The molecule has 1 atom stereocenters. The average Bonchev–Trinajstić information content (AvgIpc) is 3.27. The Bertz CT molecular complexity index is 1050. The summed E-state index contributed by atoms with van der Waals surface area (Å²) in [5.41, 5.74) is 6.70. The summed E-state index contributed by atoms with van der Waals surface area (Å²) in [7, 11) is 1.64. The van der Waals surface area contributed by atoms with Crippen LogP contribution in [0.15, 0.2) is 30.3 Å². The van der Waals surface area contributed by atoms with E-state index < -0.39 is 17.4 Å². The number of ether oxygens (including phenoxy) is 1. The van der Waals surface area contributed by atoms with Crippen molar-refractivity contribution in [2.45, 2.75) is 18.4 Å². The maximum atomic E-state index is 12.1. The molecule has 3 N–H and O–H groups in total. The zero-order chi connectivity index (χ0) is 19.9. The topological polar surface area (TPSA) is 106 Å². The minimum atomic E-state index is -1.65. The van der Waals surface area contributed by atoms with E-state index in [4.69, 9.17) is 10.5 Å². The van der Waals surface area contributed by atoms with E-state index in [9.17, 15) is 14.7 Å². The molecule has 0 saturated carbocycles. The Labute approximate surface area is 162 Å². The lowest BCUT2D eigenvalue weighted by Gasteiger charge is -2.13. The van der Waals surface area contributed by atoms with Gasteiger partial charge in [-0.3, -0.25) is 9.59 Å². The highest BCUT2D eigenvalue weighted by molar-refractivity contribution is 5.92. The van der Waals surface area contributed by atoms with Crippen LogP contribution in [0.25, 0.3) is 11.3 Å². The number of carbonyl (C=O) groups excluding carboxylic acids is 2. The lowest BCUT2D eigenvalue weighted by Crippen LogP contribution is -2.37. The summed E-state index contributed by atoms with van der Waals surface area (Å²) in [6.45, 7) is 0.992. The fourth-order valence-corrected chi connectivity index (χ4v) is 3.41. The second-order valence-electron chi connectivity index (χ2n) is 6.97. The fourth-order valence-electron chi connectivity index (χ4n) is 3.41. The molecule has 4 rings (SSSR count). The van der Waals surface area contributed by atoms with Gasteiger partial charge in [0.2, 0.25) is 5.60 Å². The van der Waals surface area contributed by atoms with Crippen molar-refractivity contribution in [3.8, 4) is 28.8 Å². The highest BCUT2D eigenvalue weighted by atomic mass is 16.5. The number of benzene rings is 1. The predicted octanol–water partition coefficient (Wildman–Crippen LogP) is 0.727. The highest BCUT2D eigenvalue weighted by Crippen LogP contribution is 2.36. The first-order valence-electron chi connectivity index (χ1n) is 8.95. The number of rotatable bonds is 2. The van der Waals surface area contributed by atoms with Crippen LogP contribution in [0.3, 0.4) is 0 Å². The standard InChI is InChI=1S/C21H19N3O4/c1-24-9-8-21(27,20(24)26)7-5-13-3-2-4-14(11-13)17-18-15(6-10-28-18)12-16(23-17)19(22)25/h2-4,11-12,27H,6,8-10H2,1H3,(H2,22,25)/t21-/m0/s1. The number of pyridine rings is 1. The SMILES string of the molecule is CN1CC[C@@](O)(C#Cc2cccc(-c3nc(C(N)=O)cc4c3OCC4)c2)C1=O. The maximum Gasteiger partial charge on any atom is 0.267 e. The number of likely N-dealkylation sites (tertiary alicyclic amines) is 1. The molecule has 1 saturated heterocycles. The van der Waals surface area contributed by atoms with Gasteiger partial charge in [0.15, 0.2) is 0 Å². The lowest BCUT2D eigenvalue weighted by atomic mass is 10.0. The van der Waals surface area contributed by atoms with Crippen LogP contribution < -0.4 is 10.5 Å². The van der Waals surface area contributed by atoms with Gasteiger partial charge in [-0.15, -0.1) is 0 Å². The molecule has 3 heterocycles. The first-order valence-corrected chi connectivity index (χ1v) is 8.95. The predicted molar refractivity (Wildman–Crippen MR) is 101 cm³/mol. The molecule has 0 aliphatic carbocycles. The van der Waals surface area contributed by atoms with Crippen molar-refractivity contribution in [2.24, 2.45) is 5.73 Å². The number of hydrogen-bond acceptors (Lipinski definition) is 5. The summed E-state index contributed by atoms with van der Waals surface area (Å²) in [5.74, 6) is 5.24. The normalized spacial score (nSPS) is 20.4. The number of aliphatic hydroxyl groups is 1. The first kappa shape index (κ1) is 18.0. The summed E-state index contributed by atoms with van der Waals surface area (Å²) in [6.07, 6.45) is 0.964. The second kappa shape index (κ2) is 6.66. The number of nitrogens with two attached hydrogens (primary N) is 1. The van der Waals surface area contributed by atoms with Crippen molar-refractivity contribution in [1.82, 2.24) is 9.88 Å². The third kappa shape index (κ3) is 3.08. The van der Waals surface area contributed by atoms with Gasteiger partial charge in [-0.2, -0.15) is 0 Å². The van der Waals surface area contributed by atoms with Crippen LogP contribution >= 0.6 is 0 Å². The van der Waals surface area contributed by atoms with E-state index in [0.717, 1.165) is 11.1 Å². The molecule has 0 spiro atoms. The Hall–Kier alpha value is -3.37. The summed E-state index contributed by atoms with van der Waals surface area (Å²) in [6, 6.07) is 8.86. The van der Waals surface area contributed by atoms with Crippen LogP contribution in [0.1, 0.15) is 28.0 Å². The third-order valence-electron chi connectivity index (χ3n) is 4.98. The number of amides is 2. The zero-order valence-electron chi connectivity index (χ0n) is 15.4. The van der Waals surface area contributed by atoms with E-state index in [1.54, 1.807) is 31.3 Å². The summed E-state index contributed by atoms with van der Waals surface area (Å²) in [4.78, 5) is 29.5. The van der Waals surface area contributed by atoms with Crippen molar-refractivity contribution in [2.75, 3.05) is 20.2 Å². The minimum Gasteiger partial charge on any atom is -0.491 e. The van der Waals surface area contributed by atoms with Crippen molar-refractivity contribution in [3.63, 3.8) is 0 Å². The van der Waals surface area contributed by atoms with Gasteiger partial charge in [0.25, 0.3) is 11.8 Å². The number of aromatic nitrogens is 1. The Kier molecular flexibility index (Phi) is 4.28. The quantitative estimate of drug-likeness (QED) is 0.751. The summed E-state index contributed by atoms with van der Waals surface area (Å²) in [5, 5.41) is 10.5. The molecule has 1 fully saturated rings. The monoisotopic (exact) mass is 377 g/mol. The van der Waals surface area contributed by atoms with Gasteiger partial charge in [-0.05, 0) is 18.2 Å². The van der Waals surface area contributed by atoms with Crippen LogP contribution in [-0.2, 0) is 11.2 Å². The molecule has 2 aromatic rings. The van der Waals surface area contributed by atoms with Crippen LogP contribution in [0, 0.1) is 11.8 Å². The summed E-state index contributed by atoms with van der Waals surface area (Å²) < 4.78 is 5.70. The summed E-state index contributed by atoms with van der Waals surface area (Å²) >= 11 is 0.